The first-order chi connectivity index (χ1) is 11.0. The van der Waals surface area contributed by atoms with E-state index >= 15 is 0 Å². The van der Waals surface area contributed by atoms with E-state index in [1.807, 2.05) is 0 Å². The average molecular weight is 318 g/mol. The summed E-state index contributed by atoms with van der Waals surface area (Å²) in [5.74, 6) is -0.358. The fourth-order valence-corrected chi connectivity index (χ4v) is 2.06. The summed E-state index contributed by atoms with van der Waals surface area (Å²) in [6.07, 6.45) is -0.616. The molecule has 2 aromatic rings. The van der Waals surface area contributed by atoms with Crippen molar-refractivity contribution in [3.63, 3.8) is 0 Å². The van der Waals surface area contributed by atoms with Crippen LogP contribution in [0.4, 0.5) is 0 Å². The lowest BCUT2D eigenvalue weighted by atomic mass is 10.1. The first kappa shape index (κ1) is 16.8. The molecule has 122 valence electrons. The Morgan fingerprint density at radius 2 is 1.91 bits per heavy atom. The first-order valence-corrected chi connectivity index (χ1v) is 7.01. The van der Waals surface area contributed by atoms with E-state index in [2.05, 4.69) is 0 Å². The van der Waals surface area contributed by atoms with Crippen LogP contribution in [-0.4, -0.2) is 41.1 Å². The second-order valence-corrected chi connectivity index (χ2v) is 4.93. The molecule has 2 aromatic carbocycles. The van der Waals surface area contributed by atoms with E-state index in [4.69, 9.17) is 14.6 Å². The molecule has 0 saturated carbocycles. The quantitative estimate of drug-likeness (QED) is 0.552. The summed E-state index contributed by atoms with van der Waals surface area (Å²) in [7, 11) is 1.43. The van der Waals surface area contributed by atoms with Gasteiger partial charge in [0.2, 0.25) is 0 Å². The minimum absolute atomic E-state index is 0.0503. The summed E-state index contributed by atoms with van der Waals surface area (Å²) in [5, 5.41) is 28.0. The number of aliphatic hydroxyl groups is 2. The molecule has 0 aromatic heterocycles. The highest BCUT2D eigenvalue weighted by atomic mass is 16.6. The molecule has 0 unspecified atom stereocenters. The normalized spacial score (nSPS) is 11.8. The van der Waals surface area contributed by atoms with Gasteiger partial charge in [0.05, 0.1) is 19.8 Å². The lowest BCUT2D eigenvalue weighted by molar-refractivity contribution is 0.0726. The highest BCUT2D eigenvalue weighted by Crippen LogP contribution is 2.30. The number of hydrogen-bond donors (Lipinski definition) is 3. The Morgan fingerprint density at radius 3 is 2.57 bits per heavy atom. The zero-order valence-electron chi connectivity index (χ0n) is 12.6. The number of phenolic OH excluding ortho intramolecular Hbond substituents is 1. The monoisotopic (exact) mass is 318 g/mol. The number of ether oxygens (including phenoxy) is 2. The summed E-state index contributed by atoms with van der Waals surface area (Å²) in [6, 6.07) is 10.9. The van der Waals surface area contributed by atoms with Gasteiger partial charge in [0.1, 0.15) is 11.3 Å². The average Bonchev–Trinajstić information content (AvgIpc) is 2.56. The van der Waals surface area contributed by atoms with Gasteiger partial charge >= 0.3 is 5.97 Å². The van der Waals surface area contributed by atoms with E-state index in [9.17, 15) is 15.0 Å². The Hall–Kier alpha value is -2.57. The second kappa shape index (κ2) is 7.62. The van der Waals surface area contributed by atoms with Crippen molar-refractivity contribution in [1.29, 1.82) is 0 Å². The van der Waals surface area contributed by atoms with Crippen molar-refractivity contribution in [2.24, 2.45) is 0 Å². The molecule has 0 bridgehead atoms. The van der Waals surface area contributed by atoms with Gasteiger partial charge in [0, 0.05) is 6.42 Å². The molecule has 23 heavy (non-hydrogen) atoms. The van der Waals surface area contributed by atoms with Gasteiger partial charge in [-0.2, -0.15) is 0 Å². The largest absolute Gasteiger partial charge is 0.507 e. The van der Waals surface area contributed by atoms with Crippen molar-refractivity contribution in [1.82, 2.24) is 0 Å². The summed E-state index contributed by atoms with van der Waals surface area (Å²) < 4.78 is 10.4. The highest BCUT2D eigenvalue weighted by Gasteiger charge is 2.16. The topological polar surface area (TPSA) is 96.2 Å². The molecule has 0 aliphatic rings. The van der Waals surface area contributed by atoms with Crippen LogP contribution in [-0.2, 0) is 6.42 Å². The number of carbonyl (C=O) groups excluding carboxylic acids is 1. The van der Waals surface area contributed by atoms with E-state index in [0.717, 1.165) is 5.56 Å². The summed E-state index contributed by atoms with van der Waals surface area (Å²) >= 11 is 0. The van der Waals surface area contributed by atoms with Gasteiger partial charge in [-0.3, -0.25) is 0 Å². The molecule has 0 saturated heterocycles. The number of methoxy groups -OCH3 is 1. The zero-order valence-corrected chi connectivity index (χ0v) is 12.6. The van der Waals surface area contributed by atoms with Gasteiger partial charge in [-0.1, -0.05) is 18.2 Å². The molecular weight excluding hydrogens is 300 g/mol. The summed E-state index contributed by atoms with van der Waals surface area (Å²) in [4.78, 5) is 12.1. The predicted octanol–water partition coefficient (Wildman–Crippen LogP) is 1.52. The molecule has 0 spiro atoms. The fourth-order valence-electron chi connectivity index (χ4n) is 2.06. The van der Waals surface area contributed by atoms with E-state index in [0.29, 0.717) is 5.75 Å². The number of aromatic hydroxyl groups is 1. The van der Waals surface area contributed by atoms with Crippen molar-refractivity contribution >= 4 is 5.97 Å². The molecule has 6 heteroatoms. The molecule has 0 fully saturated rings. The number of para-hydroxylation sites is 1. The Kier molecular flexibility index (Phi) is 5.56. The number of benzene rings is 2. The standard InChI is InChI=1S/C17H18O6/c1-22-16-9-11(8-12(19)10-18)6-7-15(16)23-17(21)13-4-2-3-5-14(13)20/h2-7,9,12,18-20H,8,10H2,1H3/t12-/m0/s1. The van der Waals surface area contributed by atoms with Crippen LogP contribution in [0.5, 0.6) is 17.2 Å². The zero-order chi connectivity index (χ0) is 16.8. The second-order valence-electron chi connectivity index (χ2n) is 4.93. The van der Waals surface area contributed by atoms with E-state index in [-0.39, 0.29) is 30.1 Å². The Labute approximate surface area is 133 Å². The van der Waals surface area contributed by atoms with Gasteiger partial charge < -0.3 is 24.8 Å². The minimum atomic E-state index is -0.866. The lowest BCUT2D eigenvalue weighted by Gasteiger charge is -2.13. The maximum absolute atomic E-state index is 12.1. The van der Waals surface area contributed by atoms with Gasteiger partial charge in [0.25, 0.3) is 0 Å². The smallest absolute Gasteiger partial charge is 0.347 e. The number of rotatable bonds is 6. The summed E-state index contributed by atoms with van der Waals surface area (Å²) in [5.41, 5.74) is 0.778. The number of hydrogen-bond acceptors (Lipinski definition) is 6. The predicted molar refractivity (Wildman–Crippen MR) is 82.9 cm³/mol. The van der Waals surface area contributed by atoms with Gasteiger partial charge in [-0.15, -0.1) is 0 Å². The van der Waals surface area contributed by atoms with Crippen molar-refractivity contribution in [3.05, 3.63) is 53.6 Å². The molecule has 3 N–H and O–H groups in total. The van der Waals surface area contributed by atoms with Crippen molar-refractivity contribution in [2.45, 2.75) is 12.5 Å². The lowest BCUT2D eigenvalue weighted by Crippen LogP contribution is -2.15. The third kappa shape index (κ3) is 4.21. The molecule has 0 aliphatic carbocycles. The van der Waals surface area contributed by atoms with Gasteiger partial charge in [-0.05, 0) is 29.8 Å². The number of esters is 1. The van der Waals surface area contributed by atoms with Crippen molar-refractivity contribution in [2.75, 3.05) is 13.7 Å². The number of aliphatic hydroxyl groups excluding tert-OH is 2. The first-order valence-electron chi connectivity index (χ1n) is 7.01. The molecule has 1 atom stereocenters. The van der Waals surface area contributed by atoms with Crippen LogP contribution < -0.4 is 9.47 Å². The maximum atomic E-state index is 12.1. The summed E-state index contributed by atoms with van der Waals surface area (Å²) in [6.45, 7) is -0.341. The molecule has 0 radical (unpaired) electrons. The number of carbonyl (C=O) groups is 1. The Balaban J connectivity index is 2.19. The third-order valence-corrected chi connectivity index (χ3v) is 3.24. The van der Waals surface area contributed by atoms with Crippen LogP contribution in [0.1, 0.15) is 15.9 Å². The fraction of sp³-hybridized carbons (Fsp3) is 0.235. The highest BCUT2D eigenvalue weighted by molar-refractivity contribution is 5.94. The molecule has 0 aliphatic heterocycles. The molecule has 2 rings (SSSR count). The van der Waals surface area contributed by atoms with Crippen LogP contribution in [0.3, 0.4) is 0 Å². The van der Waals surface area contributed by atoms with E-state index in [1.165, 1.54) is 25.3 Å². The van der Waals surface area contributed by atoms with Crippen LogP contribution in [0.25, 0.3) is 0 Å². The van der Waals surface area contributed by atoms with Gasteiger partial charge in [0.15, 0.2) is 11.5 Å². The van der Waals surface area contributed by atoms with Crippen LogP contribution in [0.2, 0.25) is 0 Å². The van der Waals surface area contributed by atoms with E-state index in [1.54, 1.807) is 24.3 Å². The maximum Gasteiger partial charge on any atom is 0.347 e. The number of phenols is 1. The van der Waals surface area contributed by atoms with Crippen LogP contribution in [0.15, 0.2) is 42.5 Å². The van der Waals surface area contributed by atoms with Crippen LogP contribution >= 0.6 is 0 Å². The Bertz CT molecular complexity index is 683. The van der Waals surface area contributed by atoms with Crippen molar-refractivity contribution < 1.29 is 29.6 Å². The minimum Gasteiger partial charge on any atom is -0.507 e. The third-order valence-electron chi connectivity index (χ3n) is 3.24. The molecule has 6 nitrogen and oxygen atoms in total. The molecule has 0 amide bonds. The molecular formula is C17H18O6. The van der Waals surface area contributed by atoms with Crippen molar-refractivity contribution in [3.8, 4) is 17.2 Å². The molecule has 0 heterocycles. The Morgan fingerprint density at radius 1 is 1.17 bits per heavy atom. The van der Waals surface area contributed by atoms with Crippen LogP contribution in [0, 0.1) is 0 Å². The van der Waals surface area contributed by atoms with Gasteiger partial charge in [-0.25, -0.2) is 4.79 Å². The SMILES string of the molecule is COc1cc(C[C@H](O)CO)ccc1OC(=O)c1ccccc1O. The van der Waals surface area contributed by atoms with E-state index < -0.39 is 12.1 Å².